The van der Waals surface area contributed by atoms with Crippen molar-refractivity contribution in [3.8, 4) is 0 Å². The average molecular weight is 284 g/mol. The van der Waals surface area contributed by atoms with Crippen molar-refractivity contribution >= 4 is 11.8 Å². The van der Waals surface area contributed by atoms with Gasteiger partial charge in [0.25, 0.3) is 0 Å². The highest BCUT2D eigenvalue weighted by Crippen LogP contribution is 2.37. The van der Waals surface area contributed by atoms with Crippen molar-refractivity contribution in [1.29, 1.82) is 0 Å². The Morgan fingerprint density at radius 1 is 0.895 bits per heavy atom. The highest BCUT2D eigenvalue weighted by molar-refractivity contribution is 7.99. The van der Waals surface area contributed by atoms with Crippen LogP contribution in [0, 0.1) is 11.3 Å². The molecule has 4 unspecified atom stereocenters. The van der Waals surface area contributed by atoms with E-state index in [0.29, 0.717) is 5.41 Å². The first-order valence-corrected chi connectivity index (χ1v) is 9.56. The molecule has 0 spiro atoms. The molecule has 1 nitrogen and oxygen atoms in total. The van der Waals surface area contributed by atoms with Crippen molar-refractivity contribution in [3.05, 3.63) is 0 Å². The van der Waals surface area contributed by atoms with Crippen LogP contribution in [0.5, 0.6) is 0 Å². The minimum atomic E-state index is 0.506. The molecule has 0 amide bonds. The number of hydrogen-bond donors (Lipinski definition) is 1. The second kappa shape index (κ2) is 6.85. The fourth-order valence-corrected chi connectivity index (χ4v) is 4.77. The van der Waals surface area contributed by atoms with Crippen molar-refractivity contribution in [2.75, 3.05) is 6.26 Å². The third kappa shape index (κ3) is 4.67. The predicted molar refractivity (Wildman–Crippen MR) is 87.9 cm³/mol. The monoisotopic (exact) mass is 283 g/mol. The molecule has 0 aliphatic heterocycles. The predicted octanol–water partition coefficient (Wildman–Crippen LogP) is 4.86. The lowest BCUT2D eigenvalue weighted by atomic mass is 9.76. The fraction of sp³-hybridized carbons (Fsp3) is 1.00. The first-order valence-electron chi connectivity index (χ1n) is 8.28. The molecule has 0 bridgehead atoms. The number of nitrogens with one attached hydrogen (secondary N) is 1. The maximum atomic E-state index is 3.98. The molecule has 0 radical (unpaired) electrons. The lowest BCUT2D eigenvalue weighted by molar-refractivity contribution is 0.213. The summed E-state index contributed by atoms with van der Waals surface area (Å²) < 4.78 is 0. The zero-order valence-electron chi connectivity index (χ0n) is 13.4. The topological polar surface area (TPSA) is 12.0 Å². The van der Waals surface area contributed by atoms with Gasteiger partial charge in [-0.1, -0.05) is 27.2 Å². The van der Waals surface area contributed by atoms with E-state index in [9.17, 15) is 0 Å². The number of hydrogen-bond acceptors (Lipinski definition) is 2. The molecule has 2 heteroatoms. The second-order valence-electron chi connectivity index (χ2n) is 7.80. The maximum Gasteiger partial charge on any atom is 0.00805 e. The average Bonchev–Trinajstić information content (AvgIpc) is 2.65. The summed E-state index contributed by atoms with van der Waals surface area (Å²) >= 11 is 2.07. The van der Waals surface area contributed by atoms with E-state index in [2.05, 4.69) is 44.1 Å². The van der Waals surface area contributed by atoms with E-state index >= 15 is 0 Å². The summed E-state index contributed by atoms with van der Waals surface area (Å²) in [6, 6.07) is 1.62. The molecule has 2 aliphatic rings. The van der Waals surface area contributed by atoms with E-state index in [-0.39, 0.29) is 0 Å². The normalized spacial score (nSPS) is 37.3. The van der Waals surface area contributed by atoms with E-state index in [1.54, 1.807) is 0 Å². The van der Waals surface area contributed by atoms with E-state index in [4.69, 9.17) is 0 Å². The van der Waals surface area contributed by atoms with Crippen LogP contribution in [0.1, 0.15) is 72.1 Å². The van der Waals surface area contributed by atoms with Crippen molar-refractivity contribution in [3.63, 3.8) is 0 Å². The molecule has 4 atom stereocenters. The van der Waals surface area contributed by atoms with Gasteiger partial charge in [0.05, 0.1) is 0 Å². The van der Waals surface area contributed by atoms with Crippen LogP contribution in [0.3, 0.4) is 0 Å². The van der Waals surface area contributed by atoms with Crippen molar-refractivity contribution in [2.24, 2.45) is 11.3 Å². The Labute approximate surface area is 124 Å². The van der Waals surface area contributed by atoms with Crippen LogP contribution >= 0.6 is 11.8 Å². The lowest BCUT2D eigenvalue weighted by Crippen LogP contribution is -2.36. The van der Waals surface area contributed by atoms with Crippen molar-refractivity contribution in [1.82, 2.24) is 5.32 Å². The summed E-state index contributed by atoms with van der Waals surface area (Å²) in [6.07, 6.45) is 13.6. The summed E-state index contributed by atoms with van der Waals surface area (Å²) in [6.45, 7) is 7.27. The van der Waals surface area contributed by atoms with E-state index in [1.807, 2.05) is 0 Å². The van der Waals surface area contributed by atoms with Crippen LogP contribution in [-0.4, -0.2) is 23.6 Å². The van der Waals surface area contributed by atoms with Crippen LogP contribution < -0.4 is 5.32 Å². The Morgan fingerprint density at radius 3 is 2.26 bits per heavy atom. The highest BCUT2D eigenvalue weighted by atomic mass is 32.2. The first kappa shape index (κ1) is 15.7. The molecule has 0 saturated heterocycles. The zero-order chi connectivity index (χ0) is 13.9. The molecule has 2 saturated carbocycles. The van der Waals surface area contributed by atoms with Gasteiger partial charge < -0.3 is 5.32 Å². The van der Waals surface area contributed by atoms with Crippen LogP contribution in [0.15, 0.2) is 0 Å². The van der Waals surface area contributed by atoms with Gasteiger partial charge in [0.1, 0.15) is 0 Å². The van der Waals surface area contributed by atoms with Gasteiger partial charge in [0.15, 0.2) is 0 Å². The van der Waals surface area contributed by atoms with Crippen LogP contribution in [-0.2, 0) is 0 Å². The molecule has 2 rings (SSSR count). The number of rotatable bonds is 3. The SMILES string of the molecule is CSC1CCC(NC2CCCC(C(C)(C)C)CC2)C1. The Kier molecular flexibility index (Phi) is 5.65. The molecule has 1 N–H and O–H groups in total. The quantitative estimate of drug-likeness (QED) is 0.743. The summed E-state index contributed by atoms with van der Waals surface area (Å²) in [7, 11) is 0. The zero-order valence-corrected chi connectivity index (χ0v) is 14.2. The minimum absolute atomic E-state index is 0.506. The van der Waals surface area contributed by atoms with E-state index in [0.717, 1.165) is 23.3 Å². The highest BCUT2D eigenvalue weighted by Gasteiger charge is 2.30. The van der Waals surface area contributed by atoms with Gasteiger partial charge in [0, 0.05) is 17.3 Å². The second-order valence-corrected chi connectivity index (χ2v) is 8.94. The molecular formula is C17H33NS. The van der Waals surface area contributed by atoms with Gasteiger partial charge in [-0.05, 0) is 62.5 Å². The van der Waals surface area contributed by atoms with Crippen LogP contribution in [0.4, 0.5) is 0 Å². The van der Waals surface area contributed by atoms with Crippen molar-refractivity contribution < 1.29 is 0 Å². The largest absolute Gasteiger partial charge is 0.311 e. The van der Waals surface area contributed by atoms with Gasteiger partial charge in [-0.2, -0.15) is 11.8 Å². The Morgan fingerprint density at radius 2 is 1.63 bits per heavy atom. The summed E-state index contributed by atoms with van der Waals surface area (Å²) in [4.78, 5) is 0. The van der Waals surface area contributed by atoms with E-state index < -0.39 is 0 Å². The molecule has 0 aromatic carbocycles. The van der Waals surface area contributed by atoms with Gasteiger partial charge in [-0.25, -0.2) is 0 Å². The minimum Gasteiger partial charge on any atom is -0.311 e. The summed E-state index contributed by atoms with van der Waals surface area (Å²) in [5.41, 5.74) is 0.506. The fourth-order valence-electron chi connectivity index (χ4n) is 3.97. The molecule has 19 heavy (non-hydrogen) atoms. The smallest absolute Gasteiger partial charge is 0.00805 e. The molecular weight excluding hydrogens is 250 g/mol. The van der Waals surface area contributed by atoms with Gasteiger partial charge in [0.2, 0.25) is 0 Å². The Bertz CT molecular complexity index is 271. The number of thioether (sulfide) groups is 1. The van der Waals surface area contributed by atoms with E-state index in [1.165, 1.54) is 51.4 Å². The standard InChI is InChI=1S/C17H33NS/c1-17(2,3)13-6-5-7-14(9-8-13)18-15-10-11-16(12-15)19-4/h13-16,18H,5-12H2,1-4H3. The Hall–Kier alpha value is 0.310. The molecule has 2 fully saturated rings. The lowest BCUT2D eigenvalue weighted by Gasteiger charge is -2.30. The summed E-state index contributed by atoms with van der Waals surface area (Å²) in [5.74, 6) is 0.932. The van der Waals surface area contributed by atoms with Gasteiger partial charge >= 0.3 is 0 Å². The van der Waals surface area contributed by atoms with Gasteiger partial charge in [-0.3, -0.25) is 0 Å². The maximum absolute atomic E-state index is 3.98. The molecule has 2 aliphatic carbocycles. The summed E-state index contributed by atoms with van der Waals surface area (Å²) in [5, 5.41) is 4.90. The Balaban J connectivity index is 1.77. The van der Waals surface area contributed by atoms with Crippen molar-refractivity contribution in [2.45, 2.75) is 89.5 Å². The molecule has 112 valence electrons. The first-order chi connectivity index (χ1) is 8.99. The third-order valence-corrected chi connectivity index (χ3v) is 6.48. The van der Waals surface area contributed by atoms with Crippen LogP contribution in [0.25, 0.3) is 0 Å². The molecule has 0 aromatic rings. The molecule has 0 aromatic heterocycles. The van der Waals surface area contributed by atoms with Gasteiger partial charge in [-0.15, -0.1) is 0 Å². The molecule has 0 heterocycles. The third-order valence-electron chi connectivity index (χ3n) is 5.38. The van der Waals surface area contributed by atoms with Crippen LogP contribution in [0.2, 0.25) is 0 Å².